The van der Waals surface area contributed by atoms with Gasteiger partial charge in [-0.1, -0.05) is 0 Å². The van der Waals surface area contributed by atoms with Crippen LogP contribution in [0.3, 0.4) is 0 Å². The van der Waals surface area contributed by atoms with E-state index in [0.29, 0.717) is 6.54 Å². The van der Waals surface area contributed by atoms with Gasteiger partial charge >= 0.3 is 12.0 Å². The molecule has 0 aromatic heterocycles. The Labute approximate surface area is 152 Å². The Morgan fingerprint density at radius 2 is 1.65 bits per heavy atom. The zero-order chi connectivity index (χ0) is 20.4. The first-order valence-corrected chi connectivity index (χ1v) is 8.02. The van der Waals surface area contributed by atoms with Crippen molar-refractivity contribution in [3.63, 3.8) is 0 Å². The minimum Gasteiger partial charge on any atom is -0.480 e. The van der Waals surface area contributed by atoms with Crippen LogP contribution in [0.25, 0.3) is 0 Å². The van der Waals surface area contributed by atoms with Gasteiger partial charge in [0, 0.05) is 39.6 Å². The topological polar surface area (TPSA) is 194 Å². The third-order valence-corrected chi connectivity index (χ3v) is 3.73. The first kappa shape index (κ1) is 24.0. The fourth-order valence-corrected chi connectivity index (χ4v) is 2.03. The van der Waals surface area contributed by atoms with E-state index >= 15 is 0 Å². The summed E-state index contributed by atoms with van der Waals surface area (Å²) in [7, 11) is 3.41. The van der Waals surface area contributed by atoms with Gasteiger partial charge in [0.25, 0.3) is 0 Å². The lowest BCUT2D eigenvalue weighted by Gasteiger charge is -2.33. The van der Waals surface area contributed by atoms with Crippen LogP contribution in [0.5, 0.6) is 0 Å². The quantitative estimate of drug-likeness (QED) is 0.168. The van der Waals surface area contributed by atoms with E-state index in [-0.39, 0.29) is 13.0 Å². The lowest BCUT2D eigenvalue weighted by atomic mass is 10.2. The summed E-state index contributed by atoms with van der Waals surface area (Å²) in [6, 6.07) is -3.52. The normalized spacial score (nSPS) is 16.0. The fourth-order valence-electron chi connectivity index (χ4n) is 2.03. The van der Waals surface area contributed by atoms with Crippen molar-refractivity contribution in [1.82, 2.24) is 20.7 Å². The molecule has 0 spiro atoms. The van der Waals surface area contributed by atoms with Gasteiger partial charge in [0.2, 0.25) is 5.91 Å². The van der Waals surface area contributed by atoms with Crippen LogP contribution in [0.15, 0.2) is 0 Å². The van der Waals surface area contributed by atoms with Gasteiger partial charge in [-0.15, -0.1) is 0 Å². The van der Waals surface area contributed by atoms with E-state index in [1.54, 1.807) is 31.0 Å². The monoisotopic (exact) mass is 378 g/mol. The molecule has 1 unspecified atom stereocenters. The van der Waals surface area contributed by atoms with Crippen molar-refractivity contribution in [2.24, 2.45) is 11.5 Å². The van der Waals surface area contributed by atoms with Crippen molar-refractivity contribution < 1.29 is 29.7 Å². The van der Waals surface area contributed by atoms with Crippen molar-refractivity contribution in [2.75, 3.05) is 33.8 Å². The number of rotatable bonds is 12. The Hall–Kier alpha value is -1.99. The molecule has 0 radical (unpaired) electrons. The molecule has 0 rings (SSSR count). The van der Waals surface area contributed by atoms with Gasteiger partial charge < -0.3 is 37.4 Å². The van der Waals surface area contributed by atoms with Crippen LogP contribution >= 0.6 is 0 Å². The first-order valence-electron chi connectivity index (χ1n) is 8.02. The van der Waals surface area contributed by atoms with E-state index in [0.717, 1.165) is 0 Å². The molecule has 9 N–H and O–H groups in total. The molecule has 0 heterocycles. The zero-order valence-corrected chi connectivity index (χ0v) is 15.3. The second-order valence-electron chi connectivity index (χ2n) is 6.14. The Morgan fingerprint density at radius 1 is 1.12 bits per heavy atom. The molecule has 3 amide bonds. The summed E-state index contributed by atoms with van der Waals surface area (Å²) in [5.41, 5.74) is 11.0. The highest BCUT2D eigenvalue weighted by Crippen LogP contribution is 2.01. The number of carboxylic acids is 1. The maximum absolute atomic E-state index is 11.9. The molecule has 12 nitrogen and oxygen atoms in total. The summed E-state index contributed by atoms with van der Waals surface area (Å²) in [6.45, 7) is 1.30. The molecule has 0 aliphatic rings. The Morgan fingerprint density at radius 3 is 2.08 bits per heavy atom. The van der Waals surface area contributed by atoms with Gasteiger partial charge in [-0.3, -0.25) is 4.79 Å². The minimum absolute atomic E-state index is 0.176. The Balaban J connectivity index is 4.80. The summed E-state index contributed by atoms with van der Waals surface area (Å²) in [6.07, 6.45) is -0.882. The SMILES string of the molecule is CC(O)[C@@H](N)CN(C)N(C)C[C@@H](CC(N)=O)NC(=O)N[C@H](CO)C(=O)O. The van der Waals surface area contributed by atoms with E-state index < -0.39 is 48.7 Å². The predicted octanol–water partition coefficient (Wildman–Crippen LogP) is -3.54. The van der Waals surface area contributed by atoms with E-state index in [2.05, 4.69) is 10.6 Å². The van der Waals surface area contributed by atoms with Gasteiger partial charge in [-0.2, -0.15) is 0 Å². The Bertz CT molecular complexity index is 477. The van der Waals surface area contributed by atoms with Crippen LogP contribution in [0.4, 0.5) is 4.79 Å². The average molecular weight is 378 g/mol. The highest BCUT2D eigenvalue weighted by atomic mass is 16.4. The molecule has 0 bridgehead atoms. The zero-order valence-electron chi connectivity index (χ0n) is 15.3. The lowest BCUT2D eigenvalue weighted by Crippen LogP contribution is -2.55. The third-order valence-electron chi connectivity index (χ3n) is 3.73. The van der Waals surface area contributed by atoms with Crippen molar-refractivity contribution in [1.29, 1.82) is 0 Å². The number of aliphatic carboxylic acids is 1. The van der Waals surface area contributed by atoms with E-state index in [9.17, 15) is 19.5 Å². The second kappa shape index (κ2) is 11.6. The average Bonchev–Trinajstić information content (AvgIpc) is 2.50. The van der Waals surface area contributed by atoms with Gasteiger partial charge in [-0.05, 0) is 6.92 Å². The van der Waals surface area contributed by atoms with Gasteiger partial charge in [0.1, 0.15) is 0 Å². The van der Waals surface area contributed by atoms with Crippen LogP contribution in [-0.2, 0) is 9.59 Å². The van der Waals surface area contributed by atoms with Crippen molar-refractivity contribution in [3.05, 3.63) is 0 Å². The summed E-state index contributed by atoms with van der Waals surface area (Å²) in [5.74, 6) is -2.04. The molecule has 0 aromatic carbocycles. The van der Waals surface area contributed by atoms with Crippen LogP contribution in [0.2, 0.25) is 0 Å². The number of primary amides is 1. The molecule has 4 atom stereocenters. The van der Waals surface area contributed by atoms with Crippen molar-refractivity contribution in [3.8, 4) is 0 Å². The Kier molecular flexibility index (Phi) is 10.7. The van der Waals surface area contributed by atoms with Crippen molar-refractivity contribution in [2.45, 2.75) is 37.6 Å². The van der Waals surface area contributed by atoms with E-state index in [1.165, 1.54) is 0 Å². The number of aliphatic hydroxyl groups excluding tert-OH is 2. The molecule has 0 aromatic rings. The molecular weight excluding hydrogens is 348 g/mol. The van der Waals surface area contributed by atoms with Crippen LogP contribution in [0.1, 0.15) is 13.3 Å². The smallest absolute Gasteiger partial charge is 0.328 e. The largest absolute Gasteiger partial charge is 0.480 e. The molecule has 0 saturated carbocycles. The molecule has 0 saturated heterocycles. The molecule has 152 valence electrons. The number of carboxylic acid groups (broad SMARTS) is 1. The number of nitrogens with one attached hydrogen (secondary N) is 2. The van der Waals surface area contributed by atoms with Crippen LogP contribution in [0, 0.1) is 0 Å². The number of amides is 3. The van der Waals surface area contributed by atoms with Crippen LogP contribution in [-0.4, -0.2) is 101 Å². The standard InChI is InChI=1S/C14H30N6O6/c1-8(22)10(15)6-20(3)19(2)5-9(4-12(16)23)17-14(26)18-11(7-21)13(24)25/h8-11,21-22H,4-7,15H2,1-3H3,(H2,16,23)(H,24,25)(H2,17,18,26)/t8?,9-,10+,11-/m1/s1. The summed E-state index contributed by atoms with van der Waals surface area (Å²) < 4.78 is 0. The fraction of sp³-hybridized carbons (Fsp3) is 0.786. The number of nitrogens with two attached hydrogens (primary N) is 2. The van der Waals surface area contributed by atoms with E-state index in [4.69, 9.17) is 21.7 Å². The molecule has 12 heteroatoms. The molecular formula is C14H30N6O6. The molecule has 0 aliphatic heterocycles. The number of likely N-dealkylation sites (N-methyl/N-ethyl adjacent to an activating group) is 2. The number of aliphatic hydroxyl groups is 2. The number of carbonyl (C=O) groups excluding carboxylic acids is 2. The van der Waals surface area contributed by atoms with Crippen molar-refractivity contribution >= 4 is 17.9 Å². The van der Waals surface area contributed by atoms with E-state index in [1.807, 2.05) is 0 Å². The lowest BCUT2D eigenvalue weighted by molar-refractivity contribution is -0.140. The summed E-state index contributed by atoms with van der Waals surface area (Å²) in [5, 5.41) is 35.1. The minimum atomic E-state index is -1.46. The molecule has 0 fully saturated rings. The number of carbonyl (C=O) groups is 3. The van der Waals surface area contributed by atoms with Gasteiger partial charge in [0.15, 0.2) is 6.04 Å². The number of hydrogen-bond acceptors (Lipinski definition) is 8. The number of nitrogens with zero attached hydrogens (tertiary/aromatic N) is 2. The third kappa shape index (κ3) is 9.48. The number of hydrazine groups is 1. The summed E-state index contributed by atoms with van der Waals surface area (Å²) in [4.78, 5) is 34.0. The first-order chi connectivity index (χ1) is 12.0. The number of hydrogen-bond donors (Lipinski definition) is 7. The van der Waals surface area contributed by atoms with Crippen LogP contribution < -0.4 is 22.1 Å². The van der Waals surface area contributed by atoms with Gasteiger partial charge in [0.05, 0.1) is 18.8 Å². The number of urea groups is 1. The second-order valence-corrected chi connectivity index (χ2v) is 6.14. The highest BCUT2D eigenvalue weighted by molar-refractivity contribution is 5.83. The maximum atomic E-state index is 11.9. The molecule has 26 heavy (non-hydrogen) atoms. The molecule has 0 aliphatic carbocycles. The van der Waals surface area contributed by atoms with Gasteiger partial charge in [-0.25, -0.2) is 19.6 Å². The maximum Gasteiger partial charge on any atom is 0.328 e. The summed E-state index contributed by atoms with van der Waals surface area (Å²) >= 11 is 0. The predicted molar refractivity (Wildman–Crippen MR) is 92.7 cm³/mol. The highest BCUT2D eigenvalue weighted by Gasteiger charge is 2.23.